The van der Waals surface area contributed by atoms with E-state index in [1.165, 1.54) is 19.3 Å². The average molecular weight is 467 g/mol. The maximum absolute atomic E-state index is 12.5. The first-order valence-electron chi connectivity index (χ1n) is 12.0. The SMILES string of the molecule is CCCCCC(CC(C)C(=O)CCCOCCOC)SCCC(=O)OCc1ccccc1. The normalized spacial score (nSPS) is 13.0. The Hall–Kier alpha value is -1.37. The molecule has 0 heterocycles. The Kier molecular flexibility index (Phi) is 17.1. The zero-order valence-corrected chi connectivity index (χ0v) is 21.0. The van der Waals surface area contributed by atoms with E-state index in [-0.39, 0.29) is 11.9 Å². The van der Waals surface area contributed by atoms with Gasteiger partial charge in [0.25, 0.3) is 0 Å². The van der Waals surface area contributed by atoms with E-state index in [1.54, 1.807) is 7.11 Å². The van der Waals surface area contributed by atoms with Gasteiger partial charge < -0.3 is 14.2 Å². The number of hydrogen-bond acceptors (Lipinski definition) is 6. The Morgan fingerprint density at radius 1 is 1.00 bits per heavy atom. The van der Waals surface area contributed by atoms with Crippen molar-refractivity contribution in [1.82, 2.24) is 0 Å². The van der Waals surface area contributed by atoms with Crippen LogP contribution in [0.25, 0.3) is 0 Å². The lowest BCUT2D eigenvalue weighted by Gasteiger charge is -2.20. The summed E-state index contributed by atoms with van der Waals surface area (Å²) in [5.74, 6) is 0.923. The van der Waals surface area contributed by atoms with Gasteiger partial charge in [0.2, 0.25) is 0 Å². The molecule has 0 bridgehead atoms. The van der Waals surface area contributed by atoms with E-state index in [1.807, 2.05) is 49.0 Å². The predicted molar refractivity (Wildman–Crippen MR) is 132 cm³/mol. The molecule has 1 aromatic rings. The molecule has 0 aliphatic heterocycles. The zero-order valence-electron chi connectivity index (χ0n) is 20.2. The van der Waals surface area contributed by atoms with Crippen molar-refractivity contribution in [3.8, 4) is 0 Å². The molecule has 1 rings (SSSR count). The molecular weight excluding hydrogens is 424 g/mol. The molecular formula is C26H42O5S. The molecule has 182 valence electrons. The number of ketones is 1. The maximum Gasteiger partial charge on any atom is 0.306 e. The van der Waals surface area contributed by atoms with Crippen LogP contribution in [-0.4, -0.2) is 49.7 Å². The molecule has 2 unspecified atom stereocenters. The Balaban J connectivity index is 2.32. The van der Waals surface area contributed by atoms with E-state index < -0.39 is 0 Å². The Bertz CT molecular complexity index is 607. The smallest absolute Gasteiger partial charge is 0.306 e. The molecule has 0 N–H and O–H groups in total. The van der Waals surface area contributed by atoms with Crippen LogP contribution in [0.5, 0.6) is 0 Å². The van der Waals surface area contributed by atoms with Crippen LogP contribution in [0.3, 0.4) is 0 Å². The van der Waals surface area contributed by atoms with E-state index in [0.717, 1.165) is 30.6 Å². The third-order valence-electron chi connectivity index (χ3n) is 5.34. The fourth-order valence-corrected chi connectivity index (χ4v) is 4.75. The second kappa shape index (κ2) is 19.1. The van der Waals surface area contributed by atoms with Gasteiger partial charge in [-0.25, -0.2) is 0 Å². The van der Waals surface area contributed by atoms with Crippen LogP contribution in [0.2, 0.25) is 0 Å². The number of esters is 1. The summed E-state index contributed by atoms with van der Waals surface area (Å²) < 4.78 is 15.8. The summed E-state index contributed by atoms with van der Waals surface area (Å²) in [6, 6.07) is 9.74. The summed E-state index contributed by atoms with van der Waals surface area (Å²) in [7, 11) is 1.65. The second-order valence-electron chi connectivity index (χ2n) is 8.20. The fourth-order valence-electron chi connectivity index (χ4n) is 3.38. The summed E-state index contributed by atoms with van der Waals surface area (Å²) in [6.45, 7) is 6.32. The first kappa shape index (κ1) is 28.7. The number of methoxy groups -OCH3 is 1. The molecule has 32 heavy (non-hydrogen) atoms. The molecule has 0 fully saturated rings. The minimum atomic E-state index is -0.161. The lowest BCUT2D eigenvalue weighted by Crippen LogP contribution is -2.18. The number of rotatable bonds is 20. The minimum absolute atomic E-state index is 0.0399. The number of carbonyl (C=O) groups excluding carboxylic acids is 2. The van der Waals surface area contributed by atoms with Gasteiger partial charge in [0.1, 0.15) is 12.4 Å². The molecule has 1 aromatic carbocycles. The summed E-state index contributed by atoms with van der Waals surface area (Å²) in [5, 5.41) is 0.403. The van der Waals surface area contributed by atoms with Gasteiger partial charge in [-0.15, -0.1) is 0 Å². The topological polar surface area (TPSA) is 61.8 Å². The largest absolute Gasteiger partial charge is 0.461 e. The van der Waals surface area contributed by atoms with Gasteiger partial charge >= 0.3 is 5.97 Å². The van der Waals surface area contributed by atoms with Crippen LogP contribution in [0, 0.1) is 5.92 Å². The van der Waals surface area contributed by atoms with Crippen molar-refractivity contribution in [2.45, 2.75) is 77.1 Å². The van der Waals surface area contributed by atoms with E-state index in [0.29, 0.717) is 50.3 Å². The van der Waals surface area contributed by atoms with Gasteiger partial charge in [0.15, 0.2) is 0 Å². The van der Waals surface area contributed by atoms with Crippen molar-refractivity contribution >= 4 is 23.5 Å². The minimum Gasteiger partial charge on any atom is -0.461 e. The van der Waals surface area contributed by atoms with Crippen LogP contribution >= 0.6 is 11.8 Å². The summed E-state index contributed by atoms with van der Waals surface area (Å²) >= 11 is 1.81. The standard InChI is InChI=1S/C26H42O5S/c1-4-5-7-13-24(20-22(2)25(27)14-10-16-30-18-17-29-3)32-19-15-26(28)31-21-23-11-8-6-9-12-23/h6,8-9,11-12,22,24H,4-5,7,10,13-21H2,1-3H3. The highest BCUT2D eigenvalue weighted by atomic mass is 32.2. The molecule has 0 saturated carbocycles. The third kappa shape index (κ3) is 14.6. The van der Waals surface area contributed by atoms with E-state index in [4.69, 9.17) is 14.2 Å². The molecule has 5 nitrogen and oxygen atoms in total. The van der Waals surface area contributed by atoms with Crippen molar-refractivity contribution in [2.75, 3.05) is 32.7 Å². The van der Waals surface area contributed by atoms with Crippen molar-refractivity contribution in [2.24, 2.45) is 5.92 Å². The Labute approximate surface area is 199 Å². The molecule has 0 aliphatic carbocycles. The van der Waals surface area contributed by atoms with Crippen LogP contribution < -0.4 is 0 Å². The quantitative estimate of drug-likeness (QED) is 0.178. The molecule has 0 amide bonds. The Morgan fingerprint density at radius 2 is 1.78 bits per heavy atom. The average Bonchev–Trinajstić information content (AvgIpc) is 2.80. The van der Waals surface area contributed by atoms with Crippen LogP contribution in [-0.2, 0) is 30.4 Å². The van der Waals surface area contributed by atoms with E-state index >= 15 is 0 Å². The summed E-state index contributed by atoms with van der Waals surface area (Å²) in [5.41, 5.74) is 1.00. The monoisotopic (exact) mass is 466 g/mol. The van der Waals surface area contributed by atoms with Crippen LogP contribution in [0.1, 0.15) is 70.8 Å². The Morgan fingerprint density at radius 3 is 2.50 bits per heavy atom. The van der Waals surface area contributed by atoms with Crippen molar-refractivity contribution in [1.29, 1.82) is 0 Å². The first-order valence-corrected chi connectivity index (χ1v) is 13.0. The predicted octanol–water partition coefficient (Wildman–Crippen LogP) is 5.84. The van der Waals surface area contributed by atoms with Gasteiger partial charge in [0.05, 0.1) is 19.6 Å². The van der Waals surface area contributed by atoms with Crippen molar-refractivity contribution in [3.05, 3.63) is 35.9 Å². The molecule has 0 spiro atoms. The number of Topliss-reactive ketones (excluding diaryl/α,β-unsaturated/α-hetero) is 1. The van der Waals surface area contributed by atoms with Gasteiger partial charge in [-0.2, -0.15) is 11.8 Å². The molecule has 6 heteroatoms. The highest BCUT2D eigenvalue weighted by Gasteiger charge is 2.19. The lowest BCUT2D eigenvalue weighted by molar-refractivity contribution is -0.144. The van der Waals surface area contributed by atoms with Gasteiger partial charge in [-0.1, -0.05) is 63.4 Å². The van der Waals surface area contributed by atoms with Crippen LogP contribution in [0.4, 0.5) is 0 Å². The summed E-state index contributed by atoms with van der Waals surface area (Å²) in [4.78, 5) is 24.6. The lowest BCUT2D eigenvalue weighted by atomic mass is 9.95. The van der Waals surface area contributed by atoms with E-state index in [2.05, 4.69) is 6.92 Å². The highest BCUT2D eigenvalue weighted by molar-refractivity contribution is 7.99. The third-order valence-corrected chi connectivity index (χ3v) is 6.68. The number of hydrogen-bond donors (Lipinski definition) is 0. The number of unbranched alkanes of at least 4 members (excludes halogenated alkanes) is 2. The zero-order chi connectivity index (χ0) is 23.4. The first-order chi connectivity index (χ1) is 15.6. The van der Waals surface area contributed by atoms with Crippen molar-refractivity contribution in [3.63, 3.8) is 0 Å². The molecule has 0 aliphatic rings. The second-order valence-corrected chi connectivity index (χ2v) is 9.60. The number of carbonyl (C=O) groups is 2. The van der Waals surface area contributed by atoms with Gasteiger partial charge in [0, 0.05) is 37.1 Å². The number of ether oxygens (including phenoxy) is 3. The molecule has 2 atom stereocenters. The maximum atomic E-state index is 12.5. The molecule has 0 aromatic heterocycles. The van der Waals surface area contributed by atoms with Gasteiger partial charge in [-0.05, 0) is 24.8 Å². The number of thioether (sulfide) groups is 1. The van der Waals surface area contributed by atoms with Crippen LogP contribution in [0.15, 0.2) is 30.3 Å². The molecule has 0 saturated heterocycles. The fraction of sp³-hybridized carbons (Fsp3) is 0.692. The molecule has 0 radical (unpaired) electrons. The highest BCUT2D eigenvalue weighted by Crippen LogP contribution is 2.26. The van der Waals surface area contributed by atoms with Gasteiger partial charge in [-0.3, -0.25) is 9.59 Å². The van der Waals surface area contributed by atoms with E-state index in [9.17, 15) is 9.59 Å². The number of benzene rings is 1. The van der Waals surface area contributed by atoms with Crippen molar-refractivity contribution < 1.29 is 23.8 Å². The summed E-state index contributed by atoms with van der Waals surface area (Å²) in [6.07, 6.45) is 7.24.